The van der Waals surface area contributed by atoms with E-state index in [9.17, 15) is 9.59 Å². The minimum Gasteiger partial charge on any atom is -0.325 e. The SMILES string of the molecule is Cc1ccccc1NC(=O)CSc1nc(=O)n(Cc2cccs2)c2c1CCC2. The van der Waals surface area contributed by atoms with Crippen molar-refractivity contribution in [1.29, 1.82) is 0 Å². The second-order valence-electron chi connectivity index (χ2n) is 6.80. The van der Waals surface area contributed by atoms with E-state index in [1.54, 1.807) is 15.9 Å². The van der Waals surface area contributed by atoms with Gasteiger partial charge in [0.15, 0.2) is 0 Å². The van der Waals surface area contributed by atoms with Gasteiger partial charge in [0.1, 0.15) is 5.03 Å². The van der Waals surface area contributed by atoms with Crippen molar-refractivity contribution in [3.05, 3.63) is 74.0 Å². The lowest BCUT2D eigenvalue weighted by molar-refractivity contribution is -0.113. The molecule has 0 fully saturated rings. The molecule has 0 saturated heterocycles. The van der Waals surface area contributed by atoms with Gasteiger partial charge in [0.2, 0.25) is 5.91 Å². The number of aryl methyl sites for hydroxylation is 1. The molecule has 1 amide bonds. The van der Waals surface area contributed by atoms with Crippen molar-refractivity contribution in [3.63, 3.8) is 0 Å². The molecule has 0 atom stereocenters. The lowest BCUT2D eigenvalue weighted by Crippen LogP contribution is -2.27. The van der Waals surface area contributed by atoms with Gasteiger partial charge in [-0.3, -0.25) is 9.36 Å². The molecule has 0 bridgehead atoms. The fourth-order valence-corrected chi connectivity index (χ4v) is 5.03. The Bertz CT molecular complexity index is 1060. The average molecular weight is 412 g/mol. The number of hydrogen-bond acceptors (Lipinski definition) is 5. The van der Waals surface area contributed by atoms with Crippen LogP contribution in [0.3, 0.4) is 0 Å². The van der Waals surface area contributed by atoms with Crippen LogP contribution in [0.5, 0.6) is 0 Å². The van der Waals surface area contributed by atoms with E-state index in [4.69, 9.17) is 0 Å². The summed E-state index contributed by atoms with van der Waals surface area (Å²) in [6.07, 6.45) is 2.82. The number of fused-ring (bicyclic) bond motifs is 1. The summed E-state index contributed by atoms with van der Waals surface area (Å²) in [5, 5.41) is 5.66. The zero-order valence-electron chi connectivity index (χ0n) is 15.6. The van der Waals surface area contributed by atoms with E-state index < -0.39 is 0 Å². The van der Waals surface area contributed by atoms with E-state index in [1.807, 2.05) is 48.7 Å². The van der Waals surface area contributed by atoms with Crippen LogP contribution in [0.25, 0.3) is 0 Å². The molecule has 7 heteroatoms. The first-order chi connectivity index (χ1) is 13.6. The van der Waals surface area contributed by atoms with E-state index in [-0.39, 0.29) is 17.3 Å². The zero-order valence-corrected chi connectivity index (χ0v) is 17.2. The summed E-state index contributed by atoms with van der Waals surface area (Å²) in [6.45, 7) is 2.54. The Labute approximate surface area is 171 Å². The van der Waals surface area contributed by atoms with Crippen molar-refractivity contribution >= 4 is 34.7 Å². The summed E-state index contributed by atoms with van der Waals surface area (Å²) >= 11 is 3.00. The molecular formula is C21H21N3O2S2. The third-order valence-corrected chi connectivity index (χ3v) is 6.73. The Morgan fingerprint density at radius 3 is 2.89 bits per heavy atom. The Kier molecular flexibility index (Phi) is 5.64. The number of benzene rings is 1. The zero-order chi connectivity index (χ0) is 19.5. The predicted molar refractivity (Wildman–Crippen MR) is 114 cm³/mol. The van der Waals surface area contributed by atoms with Gasteiger partial charge in [0.25, 0.3) is 0 Å². The predicted octanol–water partition coefficient (Wildman–Crippen LogP) is 3.88. The van der Waals surface area contributed by atoms with E-state index in [0.717, 1.165) is 46.6 Å². The number of nitrogens with one attached hydrogen (secondary N) is 1. The highest BCUT2D eigenvalue weighted by Gasteiger charge is 2.22. The van der Waals surface area contributed by atoms with Gasteiger partial charge in [-0.25, -0.2) is 4.79 Å². The molecule has 0 spiro atoms. The summed E-state index contributed by atoms with van der Waals surface area (Å²) < 4.78 is 1.80. The number of aromatic nitrogens is 2. The molecule has 1 aromatic carbocycles. The van der Waals surface area contributed by atoms with Crippen molar-refractivity contribution in [3.8, 4) is 0 Å². The van der Waals surface area contributed by atoms with Gasteiger partial charge in [0, 0.05) is 21.8 Å². The van der Waals surface area contributed by atoms with Crippen molar-refractivity contribution in [2.45, 2.75) is 37.8 Å². The van der Waals surface area contributed by atoms with Crippen molar-refractivity contribution in [2.24, 2.45) is 0 Å². The molecule has 0 radical (unpaired) electrons. The smallest absolute Gasteiger partial charge is 0.325 e. The number of amides is 1. The number of para-hydroxylation sites is 1. The molecule has 5 nitrogen and oxygen atoms in total. The summed E-state index contributed by atoms with van der Waals surface area (Å²) in [5.41, 5.74) is 3.82. The summed E-state index contributed by atoms with van der Waals surface area (Å²) in [7, 11) is 0. The number of thioether (sulfide) groups is 1. The fourth-order valence-electron chi connectivity index (χ4n) is 3.46. The molecule has 0 unspecified atom stereocenters. The molecule has 3 aromatic rings. The highest BCUT2D eigenvalue weighted by Crippen LogP contribution is 2.30. The monoisotopic (exact) mass is 411 g/mol. The molecule has 1 aliphatic carbocycles. The number of carbonyl (C=O) groups excluding carboxylic acids is 1. The van der Waals surface area contributed by atoms with E-state index in [2.05, 4.69) is 10.3 Å². The first-order valence-corrected chi connectivity index (χ1v) is 11.1. The van der Waals surface area contributed by atoms with Crippen molar-refractivity contribution < 1.29 is 4.79 Å². The number of hydrogen-bond donors (Lipinski definition) is 1. The maximum atomic E-state index is 12.6. The van der Waals surface area contributed by atoms with Crippen LogP contribution in [0, 0.1) is 6.92 Å². The first kappa shape index (κ1) is 19.0. The molecule has 144 valence electrons. The van der Waals surface area contributed by atoms with Gasteiger partial charge < -0.3 is 5.32 Å². The molecule has 28 heavy (non-hydrogen) atoms. The largest absolute Gasteiger partial charge is 0.349 e. The Morgan fingerprint density at radius 1 is 1.25 bits per heavy atom. The fraction of sp³-hybridized carbons (Fsp3) is 0.286. The first-order valence-electron chi connectivity index (χ1n) is 9.25. The van der Waals surface area contributed by atoms with Gasteiger partial charge in [-0.2, -0.15) is 4.98 Å². The van der Waals surface area contributed by atoms with Crippen LogP contribution in [-0.2, 0) is 24.2 Å². The third-order valence-electron chi connectivity index (χ3n) is 4.85. The van der Waals surface area contributed by atoms with E-state index in [1.165, 1.54) is 11.8 Å². The Morgan fingerprint density at radius 2 is 2.11 bits per heavy atom. The van der Waals surface area contributed by atoms with Crippen molar-refractivity contribution in [2.75, 3.05) is 11.1 Å². The Balaban J connectivity index is 1.50. The lowest BCUT2D eigenvalue weighted by atomic mass is 10.2. The van der Waals surface area contributed by atoms with Crippen LogP contribution in [0.1, 0.15) is 28.1 Å². The van der Waals surface area contributed by atoms with Gasteiger partial charge >= 0.3 is 5.69 Å². The number of rotatable bonds is 6. The standard InChI is InChI=1S/C21H21N3O2S2/c1-14-6-2-3-9-17(14)22-19(25)13-28-20-16-8-4-10-18(16)24(21(26)23-20)12-15-7-5-11-27-15/h2-3,5-7,9,11H,4,8,10,12-13H2,1H3,(H,22,25). The van der Waals surface area contributed by atoms with E-state index >= 15 is 0 Å². The van der Waals surface area contributed by atoms with Gasteiger partial charge in [-0.05, 0) is 49.3 Å². The highest BCUT2D eigenvalue weighted by atomic mass is 32.2. The van der Waals surface area contributed by atoms with Crippen LogP contribution < -0.4 is 11.0 Å². The van der Waals surface area contributed by atoms with Crippen molar-refractivity contribution in [1.82, 2.24) is 9.55 Å². The van der Waals surface area contributed by atoms with E-state index in [0.29, 0.717) is 11.6 Å². The average Bonchev–Trinajstić information content (AvgIpc) is 3.36. The normalized spacial score (nSPS) is 12.8. The van der Waals surface area contributed by atoms with Crippen LogP contribution >= 0.6 is 23.1 Å². The molecule has 0 saturated carbocycles. The molecule has 1 aliphatic rings. The van der Waals surface area contributed by atoms with Crippen LogP contribution in [0.4, 0.5) is 5.69 Å². The van der Waals surface area contributed by atoms with Gasteiger partial charge in [-0.1, -0.05) is 36.0 Å². The second kappa shape index (κ2) is 8.32. The summed E-state index contributed by atoms with van der Waals surface area (Å²) in [6, 6.07) is 11.7. The second-order valence-corrected chi connectivity index (χ2v) is 8.79. The van der Waals surface area contributed by atoms with Crippen LogP contribution in [0.15, 0.2) is 51.6 Å². The van der Waals surface area contributed by atoms with Crippen LogP contribution in [0.2, 0.25) is 0 Å². The van der Waals surface area contributed by atoms with Gasteiger partial charge in [0.05, 0.1) is 12.3 Å². The van der Waals surface area contributed by atoms with Crippen LogP contribution in [-0.4, -0.2) is 21.2 Å². The number of thiophene rings is 1. The quantitative estimate of drug-likeness (QED) is 0.494. The molecule has 1 N–H and O–H groups in total. The molecule has 2 heterocycles. The number of anilines is 1. The highest BCUT2D eigenvalue weighted by molar-refractivity contribution is 8.00. The summed E-state index contributed by atoms with van der Waals surface area (Å²) in [4.78, 5) is 30.5. The molecular weight excluding hydrogens is 390 g/mol. The Hall–Kier alpha value is -2.38. The molecule has 2 aromatic heterocycles. The summed E-state index contributed by atoms with van der Waals surface area (Å²) in [5.74, 6) is 0.151. The third kappa shape index (κ3) is 4.05. The minimum atomic E-state index is -0.226. The lowest BCUT2D eigenvalue weighted by Gasteiger charge is -2.13. The molecule has 4 rings (SSSR count). The molecule has 0 aliphatic heterocycles. The number of nitrogens with zero attached hydrogens (tertiary/aromatic N) is 2. The minimum absolute atomic E-state index is 0.0874. The number of carbonyl (C=O) groups is 1. The van der Waals surface area contributed by atoms with Gasteiger partial charge in [-0.15, -0.1) is 11.3 Å². The topological polar surface area (TPSA) is 64.0 Å². The maximum absolute atomic E-state index is 12.6. The maximum Gasteiger partial charge on any atom is 0.349 e.